The quantitative estimate of drug-likeness (QED) is 0.225. The summed E-state index contributed by atoms with van der Waals surface area (Å²) in [5.74, 6) is 1.54. The summed E-state index contributed by atoms with van der Waals surface area (Å²) in [6.07, 6.45) is 19.3. The Morgan fingerprint density at radius 2 is 2.14 bits per heavy atom. The molecule has 0 spiro atoms. The van der Waals surface area contributed by atoms with E-state index in [1.807, 2.05) is 18.3 Å². The molecule has 3 atom stereocenters. The molecule has 3 aliphatic rings. The summed E-state index contributed by atoms with van der Waals surface area (Å²) < 4.78 is 5.74. The lowest BCUT2D eigenvalue weighted by atomic mass is 9.87. The van der Waals surface area contributed by atoms with Crippen LogP contribution in [0.4, 0.5) is 0 Å². The van der Waals surface area contributed by atoms with Crippen molar-refractivity contribution in [1.82, 2.24) is 15.0 Å². The van der Waals surface area contributed by atoms with Gasteiger partial charge in [-0.25, -0.2) is 4.98 Å². The number of aromatic amines is 1. The van der Waals surface area contributed by atoms with Gasteiger partial charge in [0.25, 0.3) is 5.56 Å². The maximum Gasteiger partial charge on any atom is 0.251 e. The SMILES string of the molecule is C=C(CCC1(C(C)C)CO1)CC1=CC(c2nc(-c3cncc(C=CC4CC4)c3)cc(=O)[nH]2)C(Cl)C=C1. The van der Waals surface area contributed by atoms with Crippen LogP contribution in [0.15, 0.2) is 71.4 Å². The second kappa shape index (κ2) is 10.3. The van der Waals surface area contributed by atoms with Crippen LogP contribution in [-0.2, 0) is 4.74 Å². The number of nitrogens with zero attached hydrogens (tertiary/aromatic N) is 2. The third-order valence-electron chi connectivity index (χ3n) is 7.47. The molecular formula is C30H34ClN3O2. The lowest BCUT2D eigenvalue weighted by Gasteiger charge is -2.22. The molecule has 1 N–H and O–H groups in total. The van der Waals surface area contributed by atoms with Gasteiger partial charge in [0, 0.05) is 24.0 Å². The van der Waals surface area contributed by atoms with Crippen molar-refractivity contribution in [3.8, 4) is 11.3 Å². The fraction of sp³-hybridized carbons (Fsp3) is 0.433. The van der Waals surface area contributed by atoms with E-state index in [9.17, 15) is 4.79 Å². The normalized spacial score (nSPS) is 25.4. The van der Waals surface area contributed by atoms with Gasteiger partial charge in [0.1, 0.15) is 5.82 Å². The van der Waals surface area contributed by atoms with Gasteiger partial charge < -0.3 is 9.72 Å². The van der Waals surface area contributed by atoms with Gasteiger partial charge in [0.2, 0.25) is 0 Å². The van der Waals surface area contributed by atoms with Gasteiger partial charge >= 0.3 is 0 Å². The third-order valence-corrected chi connectivity index (χ3v) is 7.88. The van der Waals surface area contributed by atoms with E-state index >= 15 is 0 Å². The van der Waals surface area contributed by atoms with Crippen LogP contribution in [0.5, 0.6) is 0 Å². The van der Waals surface area contributed by atoms with Crippen LogP contribution in [0, 0.1) is 11.8 Å². The number of hydrogen-bond donors (Lipinski definition) is 1. The van der Waals surface area contributed by atoms with Crippen LogP contribution < -0.4 is 5.56 Å². The molecule has 2 fully saturated rings. The van der Waals surface area contributed by atoms with E-state index in [4.69, 9.17) is 21.3 Å². The van der Waals surface area contributed by atoms with Crippen molar-refractivity contribution in [1.29, 1.82) is 0 Å². The van der Waals surface area contributed by atoms with E-state index in [2.05, 4.69) is 54.7 Å². The number of nitrogens with one attached hydrogen (secondary N) is 1. The van der Waals surface area contributed by atoms with Crippen LogP contribution in [0.2, 0.25) is 0 Å². The molecule has 3 unspecified atom stereocenters. The Kier molecular flexibility index (Phi) is 7.14. The number of H-pyrrole nitrogens is 1. The predicted octanol–water partition coefficient (Wildman–Crippen LogP) is 6.59. The summed E-state index contributed by atoms with van der Waals surface area (Å²) in [4.78, 5) is 24.7. The van der Waals surface area contributed by atoms with Crippen LogP contribution in [0.1, 0.15) is 63.3 Å². The van der Waals surface area contributed by atoms with Crippen molar-refractivity contribution in [2.45, 2.75) is 62.8 Å². The number of allylic oxidation sites excluding steroid dienone is 6. The lowest BCUT2D eigenvalue weighted by Crippen LogP contribution is -2.20. The molecule has 0 aromatic carbocycles. The average molecular weight is 504 g/mol. The summed E-state index contributed by atoms with van der Waals surface area (Å²) in [5.41, 5.74) is 4.57. The fourth-order valence-electron chi connectivity index (χ4n) is 4.69. The topological polar surface area (TPSA) is 71.2 Å². The molecule has 1 aliphatic heterocycles. The molecule has 6 heteroatoms. The Morgan fingerprint density at radius 3 is 2.86 bits per heavy atom. The van der Waals surface area contributed by atoms with Gasteiger partial charge in [-0.1, -0.05) is 56.4 Å². The Labute approximate surface area is 218 Å². The van der Waals surface area contributed by atoms with Crippen LogP contribution in [-0.4, -0.2) is 32.5 Å². The molecule has 0 amide bonds. The van der Waals surface area contributed by atoms with Gasteiger partial charge in [0.15, 0.2) is 0 Å². The number of alkyl halides is 1. The second-order valence-electron chi connectivity index (χ2n) is 10.7. The minimum Gasteiger partial charge on any atom is -0.369 e. The van der Waals surface area contributed by atoms with Crippen LogP contribution >= 0.6 is 11.6 Å². The van der Waals surface area contributed by atoms with Gasteiger partial charge in [-0.2, -0.15) is 0 Å². The maximum absolute atomic E-state index is 12.6. The first-order chi connectivity index (χ1) is 17.3. The first kappa shape index (κ1) is 24.9. The molecule has 2 aromatic heterocycles. The summed E-state index contributed by atoms with van der Waals surface area (Å²) in [6.45, 7) is 9.59. The maximum atomic E-state index is 12.6. The Bertz CT molecular complexity index is 1280. The molecule has 0 bridgehead atoms. The summed E-state index contributed by atoms with van der Waals surface area (Å²) in [7, 11) is 0. The average Bonchev–Trinajstić information content (AvgIpc) is 3.78. The Balaban J connectivity index is 1.32. The van der Waals surface area contributed by atoms with Gasteiger partial charge in [-0.15, -0.1) is 11.6 Å². The number of ether oxygens (including phenoxy) is 1. The highest BCUT2D eigenvalue weighted by atomic mass is 35.5. The molecule has 2 aliphatic carbocycles. The van der Waals surface area contributed by atoms with Crippen molar-refractivity contribution in [2.75, 3.05) is 6.61 Å². The zero-order chi connectivity index (χ0) is 25.3. The largest absolute Gasteiger partial charge is 0.369 e. The van der Waals surface area contributed by atoms with Crippen molar-refractivity contribution >= 4 is 17.7 Å². The summed E-state index contributed by atoms with van der Waals surface area (Å²) >= 11 is 6.68. The molecule has 5 nitrogen and oxygen atoms in total. The number of aromatic nitrogens is 3. The van der Waals surface area contributed by atoms with Gasteiger partial charge in [-0.3, -0.25) is 9.78 Å². The molecule has 3 heterocycles. The minimum atomic E-state index is -0.296. The van der Waals surface area contributed by atoms with Crippen molar-refractivity contribution in [2.24, 2.45) is 11.8 Å². The summed E-state index contributed by atoms with van der Waals surface area (Å²) in [5, 5.41) is -0.296. The third kappa shape index (κ3) is 5.96. The second-order valence-corrected chi connectivity index (χ2v) is 11.2. The van der Waals surface area contributed by atoms with Crippen molar-refractivity contribution in [3.63, 3.8) is 0 Å². The zero-order valence-corrected chi connectivity index (χ0v) is 21.8. The highest BCUT2D eigenvalue weighted by Gasteiger charge is 2.46. The van der Waals surface area contributed by atoms with E-state index in [0.29, 0.717) is 23.4 Å². The molecule has 36 heavy (non-hydrogen) atoms. The highest BCUT2D eigenvalue weighted by molar-refractivity contribution is 6.22. The number of pyridine rings is 1. The fourth-order valence-corrected chi connectivity index (χ4v) is 4.96. The molecule has 2 aromatic rings. The number of epoxide rings is 1. The number of halogens is 1. The molecule has 0 radical (unpaired) electrons. The van der Waals surface area contributed by atoms with Gasteiger partial charge in [0.05, 0.1) is 29.2 Å². The van der Waals surface area contributed by atoms with E-state index in [0.717, 1.165) is 42.6 Å². The van der Waals surface area contributed by atoms with E-state index < -0.39 is 0 Å². The Morgan fingerprint density at radius 1 is 1.33 bits per heavy atom. The monoisotopic (exact) mass is 503 g/mol. The first-order valence-corrected chi connectivity index (χ1v) is 13.3. The molecule has 188 valence electrons. The first-order valence-electron chi connectivity index (χ1n) is 12.9. The smallest absolute Gasteiger partial charge is 0.251 e. The zero-order valence-electron chi connectivity index (χ0n) is 21.0. The minimum absolute atomic E-state index is 0.0349. The van der Waals surface area contributed by atoms with Crippen molar-refractivity contribution in [3.05, 3.63) is 88.3 Å². The predicted molar refractivity (Wildman–Crippen MR) is 146 cm³/mol. The lowest BCUT2D eigenvalue weighted by molar-refractivity contribution is 0.226. The van der Waals surface area contributed by atoms with Crippen molar-refractivity contribution < 1.29 is 4.74 Å². The highest BCUT2D eigenvalue weighted by Crippen LogP contribution is 2.41. The molecular weight excluding hydrogens is 470 g/mol. The summed E-state index contributed by atoms with van der Waals surface area (Å²) in [6, 6.07) is 3.54. The molecule has 1 saturated carbocycles. The molecule has 5 rings (SSSR count). The Hall–Kier alpha value is -2.76. The standard InChI is InChI=1S/C30H34ClN3O2/c1-19(2)30(18-36-30)11-10-20(3)12-22-8-9-26(31)25(14-22)29-33-27(15-28(35)34-29)24-13-23(16-32-17-24)7-6-21-4-5-21/h6-9,13-17,19,21,25-26H,3-5,10-12,18H2,1-2H3,(H,33,34,35). The number of rotatable bonds is 10. The van der Waals surface area contributed by atoms with Crippen LogP contribution in [0.3, 0.4) is 0 Å². The number of hydrogen-bond acceptors (Lipinski definition) is 4. The van der Waals surface area contributed by atoms with E-state index in [1.54, 1.807) is 6.20 Å². The van der Waals surface area contributed by atoms with Crippen LogP contribution in [0.25, 0.3) is 17.3 Å². The molecule has 1 saturated heterocycles. The van der Waals surface area contributed by atoms with Gasteiger partial charge in [-0.05, 0) is 61.1 Å². The van der Waals surface area contributed by atoms with E-state index in [-0.39, 0.29) is 22.5 Å². The van der Waals surface area contributed by atoms with E-state index in [1.165, 1.54) is 24.5 Å².